The van der Waals surface area contributed by atoms with Crippen LogP contribution in [-0.2, 0) is 16.1 Å². The Kier molecular flexibility index (Phi) is 7.99. The van der Waals surface area contributed by atoms with Crippen LogP contribution in [0.1, 0.15) is 20.3 Å². The topological polar surface area (TPSA) is 135 Å². The largest absolute Gasteiger partial charge is 0.457 e. The fourth-order valence-electron chi connectivity index (χ4n) is 5.70. The number of ether oxygens (including phenoxy) is 2. The highest BCUT2D eigenvalue weighted by Crippen LogP contribution is 2.35. The number of hydrogen-bond donors (Lipinski definition) is 1. The van der Waals surface area contributed by atoms with Gasteiger partial charge in [0.15, 0.2) is 5.65 Å². The lowest BCUT2D eigenvalue weighted by molar-refractivity contribution is -0.134. The van der Waals surface area contributed by atoms with Gasteiger partial charge in [0.1, 0.15) is 46.8 Å². The van der Waals surface area contributed by atoms with Crippen molar-refractivity contribution >= 4 is 22.8 Å². The van der Waals surface area contributed by atoms with Crippen LogP contribution < -0.4 is 10.5 Å². The number of likely N-dealkylation sites (tertiary alicyclic amines) is 1. The molecule has 0 saturated carbocycles. The molecule has 2 fully saturated rings. The van der Waals surface area contributed by atoms with Crippen molar-refractivity contribution in [3.8, 4) is 28.8 Å². The molecule has 0 spiro atoms. The van der Waals surface area contributed by atoms with Gasteiger partial charge < -0.3 is 20.1 Å². The number of hydrogen-bond acceptors (Lipinski definition) is 9. The summed E-state index contributed by atoms with van der Waals surface area (Å²) >= 11 is 0. The minimum absolute atomic E-state index is 0.101. The number of morpholine rings is 1. The quantitative estimate of drug-likeness (QED) is 0.235. The number of benzene rings is 2. The molecule has 2 saturated heterocycles. The fourth-order valence-corrected chi connectivity index (χ4v) is 5.70. The van der Waals surface area contributed by atoms with E-state index in [1.165, 1.54) is 12.4 Å². The Morgan fingerprint density at radius 3 is 2.61 bits per heavy atom. The number of carbonyl (C=O) groups is 1. The summed E-state index contributed by atoms with van der Waals surface area (Å²) in [5, 5.41) is 15.1. The first-order chi connectivity index (χ1) is 21.2. The zero-order valence-electron chi connectivity index (χ0n) is 24.6. The minimum Gasteiger partial charge on any atom is -0.457 e. The monoisotopic (exact) mass is 596 g/mol. The van der Waals surface area contributed by atoms with Gasteiger partial charge >= 0.3 is 0 Å². The molecule has 0 unspecified atom stereocenters. The molecule has 2 N–H and O–H groups in total. The molecule has 2 aromatic carbocycles. The van der Waals surface area contributed by atoms with Gasteiger partial charge in [0, 0.05) is 36.8 Å². The van der Waals surface area contributed by atoms with E-state index in [4.69, 9.17) is 20.3 Å². The normalized spacial score (nSPS) is 17.7. The third kappa shape index (κ3) is 5.71. The zero-order valence-corrected chi connectivity index (χ0v) is 24.6. The van der Waals surface area contributed by atoms with Crippen molar-refractivity contribution < 1.29 is 18.7 Å². The molecule has 0 bridgehead atoms. The van der Waals surface area contributed by atoms with Gasteiger partial charge in [-0.1, -0.05) is 18.2 Å². The first kappa shape index (κ1) is 29.2. The lowest BCUT2D eigenvalue weighted by Crippen LogP contribution is -2.54. The Bertz CT molecular complexity index is 1760. The molecular formula is C32H33FN8O3. The molecule has 2 aromatic heterocycles. The molecule has 11 nitrogen and oxygen atoms in total. The zero-order chi connectivity index (χ0) is 30.8. The maximum atomic E-state index is 15.5. The van der Waals surface area contributed by atoms with Crippen LogP contribution in [0.2, 0.25) is 0 Å². The second-order valence-electron chi connectivity index (χ2n) is 11.4. The van der Waals surface area contributed by atoms with Crippen LogP contribution in [0.3, 0.4) is 0 Å². The van der Waals surface area contributed by atoms with Gasteiger partial charge in [-0.15, -0.1) is 0 Å². The molecule has 2 aliphatic rings. The summed E-state index contributed by atoms with van der Waals surface area (Å²) in [6, 6.07) is 15.6. The van der Waals surface area contributed by atoms with Crippen LogP contribution in [0.5, 0.6) is 11.5 Å². The van der Waals surface area contributed by atoms with Gasteiger partial charge in [-0.25, -0.2) is 19.0 Å². The van der Waals surface area contributed by atoms with Gasteiger partial charge in [-0.3, -0.25) is 9.69 Å². The van der Waals surface area contributed by atoms with Crippen LogP contribution in [0.4, 0.5) is 10.2 Å². The molecule has 4 aromatic rings. The third-order valence-corrected chi connectivity index (χ3v) is 8.20. The number of nitriles is 1. The molecule has 44 heavy (non-hydrogen) atoms. The number of aromatic nitrogens is 4. The molecule has 6 rings (SSSR count). The number of carbonyl (C=O) groups excluding carboxylic acids is 1. The number of nitrogens with two attached hydrogens (primary N) is 1. The third-order valence-electron chi connectivity index (χ3n) is 8.20. The predicted molar refractivity (Wildman–Crippen MR) is 162 cm³/mol. The van der Waals surface area contributed by atoms with Crippen LogP contribution >= 0.6 is 0 Å². The number of anilines is 1. The molecule has 1 amide bonds. The van der Waals surface area contributed by atoms with Crippen molar-refractivity contribution in [3.63, 3.8) is 0 Å². The van der Waals surface area contributed by atoms with E-state index in [1.807, 2.05) is 32.0 Å². The number of fused-ring (bicyclic) bond motifs is 1. The summed E-state index contributed by atoms with van der Waals surface area (Å²) < 4.78 is 28.4. The molecule has 0 aliphatic carbocycles. The van der Waals surface area contributed by atoms with Crippen LogP contribution in [-0.4, -0.2) is 79.9 Å². The molecule has 4 heterocycles. The smallest absolute Gasteiger partial charge is 0.264 e. The number of para-hydroxylation sites is 1. The highest BCUT2D eigenvalue weighted by Gasteiger charge is 2.37. The average molecular weight is 597 g/mol. The van der Waals surface area contributed by atoms with Crippen molar-refractivity contribution in [3.05, 3.63) is 72.3 Å². The molecule has 0 radical (unpaired) electrons. The fraction of sp³-hybridized carbons (Fsp3) is 0.344. The second-order valence-corrected chi connectivity index (χ2v) is 11.4. The molecule has 12 heteroatoms. The van der Waals surface area contributed by atoms with Gasteiger partial charge in [0.25, 0.3) is 5.91 Å². The average Bonchev–Trinajstić information content (AvgIpc) is 3.38. The van der Waals surface area contributed by atoms with Gasteiger partial charge in [0.2, 0.25) is 0 Å². The van der Waals surface area contributed by atoms with E-state index in [1.54, 1.807) is 39.9 Å². The van der Waals surface area contributed by atoms with Gasteiger partial charge in [-0.05, 0) is 50.6 Å². The van der Waals surface area contributed by atoms with Gasteiger partial charge in [-0.2, -0.15) is 10.4 Å². The van der Waals surface area contributed by atoms with E-state index in [0.717, 1.165) is 13.1 Å². The predicted octanol–water partition coefficient (Wildman–Crippen LogP) is 4.17. The summed E-state index contributed by atoms with van der Waals surface area (Å²) in [5.74, 6) is 0.232. The lowest BCUT2D eigenvalue weighted by atomic mass is 9.96. The standard InChI is InChI=1S/C32H33FN8O3/c1-32(2,39-12-14-43-15-13-39)17-21(18-34)31(42)40-11-10-22(40)19-41-30-27(29(35)36-20-37-30)28(38-41)25-9-8-24(16-26(25)33)44-23-6-4-3-5-7-23/h3-9,16-17,20,22H,10-15,19H2,1-2H3,(H2,35,36,37)/t22-/m1/s1. The van der Waals surface area contributed by atoms with E-state index >= 15 is 4.39 Å². The summed E-state index contributed by atoms with van der Waals surface area (Å²) in [5.41, 5.74) is 6.81. The van der Waals surface area contributed by atoms with E-state index in [0.29, 0.717) is 61.0 Å². The SMILES string of the molecule is CC(C)(C=C(C#N)C(=O)N1CC[C@@H]1Cn1nc(-c2ccc(Oc3ccccc3)cc2F)c2c(N)ncnc21)N1CCOCC1. The van der Waals surface area contributed by atoms with Crippen molar-refractivity contribution in [2.45, 2.75) is 38.4 Å². The molecule has 1 atom stereocenters. The molecular weight excluding hydrogens is 563 g/mol. The Balaban J connectivity index is 1.25. The number of nitrogens with zero attached hydrogens (tertiary/aromatic N) is 7. The summed E-state index contributed by atoms with van der Waals surface area (Å²) in [7, 11) is 0. The molecule has 226 valence electrons. The Labute approximate surface area is 254 Å². The molecule has 2 aliphatic heterocycles. The first-order valence-electron chi connectivity index (χ1n) is 14.5. The van der Waals surface area contributed by atoms with Crippen molar-refractivity contribution in [1.82, 2.24) is 29.5 Å². The highest BCUT2D eigenvalue weighted by atomic mass is 19.1. The summed E-state index contributed by atoms with van der Waals surface area (Å²) in [6.07, 6.45) is 3.80. The Morgan fingerprint density at radius 2 is 1.93 bits per heavy atom. The number of rotatable bonds is 8. The maximum Gasteiger partial charge on any atom is 0.264 e. The van der Waals surface area contributed by atoms with Crippen LogP contribution in [0.15, 0.2) is 66.5 Å². The summed E-state index contributed by atoms with van der Waals surface area (Å²) in [4.78, 5) is 25.9. The van der Waals surface area contributed by atoms with Crippen LogP contribution in [0, 0.1) is 17.1 Å². The lowest BCUT2D eigenvalue weighted by Gasteiger charge is -2.42. The summed E-state index contributed by atoms with van der Waals surface area (Å²) in [6.45, 7) is 7.49. The maximum absolute atomic E-state index is 15.5. The second kappa shape index (κ2) is 12.0. The van der Waals surface area contributed by atoms with Crippen molar-refractivity contribution in [1.29, 1.82) is 5.26 Å². The first-order valence-corrected chi connectivity index (χ1v) is 14.5. The minimum atomic E-state index is -0.541. The highest BCUT2D eigenvalue weighted by molar-refractivity contribution is 5.99. The van der Waals surface area contributed by atoms with Crippen LogP contribution in [0.25, 0.3) is 22.3 Å². The Morgan fingerprint density at radius 1 is 1.16 bits per heavy atom. The van der Waals surface area contributed by atoms with E-state index in [2.05, 4.69) is 20.9 Å². The van der Waals surface area contributed by atoms with Crippen molar-refractivity contribution in [2.24, 2.45) is 0 Å². The van der Waals surface area contributed by atoms with E-state index in [-0.39, 0.29) is 28.9 Å². The van der Waals surface area contributed by atoms with Gasteiger partial charge in [0.05, 0.1) is 31.2 Å². The number of halogens is 1. The van der Waals surface area contributed by atoms with Crippen molar-refractivity contribution in [2.75, 3.05) is 38.6 Å². The number of nitrogen functional groups attached to an aromatic ring is 1. The van der Waals surface area contributed by atoms with E-state index in [9.17, 15) is 10.1 Å². The number of amides is 1. The van der Waals surface area contributed by atoms with E-state index < -0.39 is 11.4 Å². The Hall–Kier alpha value is -4.86.